The van der Waals surface area contributed by atoms with Gasteiger partial charge in [-0.1, -0.05) is 109 Å². The van der Waals surface area contributed by atoms with Crippen molar-refractivity contribution in [2.45, 2.75) is 0 Å². The average Bonchev–Trinajstić information content (AvgIpc) is 3.00. The number of hydrogen-bond donors (Lipinski definition) is 0. The molecule has 0 saturated heterocycles. The van der Waals surface area contributed by atoms with Crippen LogP contribution in [0.3, 0.4) is 0 Å². The first kappa shape index (κ1) is 21.8. The summed E-state index contributed by atoms with van der Waals surface area (Å²) in [6, 6.07) is 40.2. The molecular weight excluding hydrogens is 464 g/mol. The topological polar surface area (TPSA) is 43.0 Å². The highest BCUT2D eigenvalue weighted by atomic mass is 14.8. The zero-order valence-electron chi connectivity index (χ0n) is 20.3. The SMILES string of the molecule is [C-]#[N+]c1cc2nc(-c3ccccc3)c(-c3ccccc3)nc2c2c1c(-c1ccccc1)nc1ccccc12. The van der Waals surface area contributed by atoms with Gasteiger partial charge in [0.05, 0.1) is 40.2 Å². The largest absolute Gasteiger partial charge is 0.248 e. The molecule has 2 heterocycles. The molecule has 0 aliphatic rings. The maximum atomic E-state index is 8.11. The molecule has 7 aromatic rings. The van der Waals surface area contributed by atoms with E-state index in [9.17, 15) is 0 Å². The van der Waals surface area contributed by atoms with E-state index in [1.807, 2.05) is 103 Å². The third-order valence-electron chi connectivity index (χ3n) is 6.84. The van der Waals surface area contributed by atoms with Crippen LogP contribution in [-0.2, 0) is 0 Å². The maximum Gasteiger partial charge on any atom is 0.199 e. The first-order valence-electron chi connectivity index (χ1n) is 12.4. The molecule has 0 aliphatic carbocycles. The molecule has 0 bridgehead atoms. The Kier molecular flexibility index (Phi) is 5.13. The van der Waals surface area contributed by atoms with Crippen LogP contribution in [0.4, 0.5) is 5.69 Å². The van der Waals surface area contributed by atoms with Crippen LogP contribution in [-0.4, -0.2) is 15.0 Å². The van der Waals surface area contributed by atoms with E-state index in [0.717, 1.165) is 61.0 Å². The fourth-order valence-corrected chi connectivity index (χ4v) is 5.13. The molecule has 4 nitrogen and oxygen atoms in total. The molecule has 38 heavy (non-hydrogen) atoms. The van der Waals surface area contributed by atoms with Crippen molar-refractivity contribution in [3.05, 3.63) is 133 Å². The van der Waals surface area contributed by atoms with Crippen LogP contribution >= 0.6 is 0 Å². The number of benzene rings is 5. The number of nitrogens with zero attached hydrogens (tertiary/aromatic N) is 4. The van der Waals surface area contributed by atoms with Crippen LogP contribution in [0.2, 0.25) is 0 Å². The van der Waals surface area contributed by atoms with Gasteiger partial charge in [-0.25, -0.2) is 19.8 Å². The van der Waals surface area contributed by atoms with Gasteiger partial charge in [0.15, 0.2) is 5.69 Å². The van der Waals surface area contributed by atoms with Gasteiger partial charge in [0.25, 0.3) is 0 Å². The van der Waals surface area contributed by atoms with E-state index in [0.29, 0.717) is 11.2 Å². The Morgan fingerprint density at radius 2 is 0.974 bits per heavy atom. The molecule has 0 radical (unpaired) electrons. The molecule has 0 saturated carbocycles. The molecule has 0 atom stereocenters. The normalized spacial score (nSPS) is 11.1. The van der Waals surface area contributed by atoms with E-state index >= 15 is 0 Å². The van der Waals surface area contributed by atoms with Crippen molar-refractivity contribution in [1.29, 1.82) is 0 Å². The zero-order chi connectivity index (χ0) is 25.5. The van der Waals surface area contributed by atoms with E-state index in [1.54, 1.807) is 0 Å². The number of hydrogen-bond acceptors (Lipinski definition) is 3. The second-order valence-corrected chi connectivity index (χ2v) is 9.12. The summed E-state index contributed by atoms with van der Waals surface area (Å²) >= 11 is 0. The molecule has 4 heteroatoms. The summed E-state index contributed by atoms with van der Waals surface area (Å²) in [5, 5.41) is 2.67. The minimum Gasteiger partial charge on any atom is -0.248 e. The predicted octanol–water partition coefficient (Wildman–Crippen LogP) is 8.88. The summed E-state index contributed by atoms with van der Waals surface area (Å²) in [6.45, 7) is 8.11. The third kappa shape index (κ3) is 3.49. The molecular formula is C34H20N4. The van der Waals surface area contributed by atoms with E-state index in [4.69, 9.17) is 21.5 Å². The van der Waals surface area contributed by atoms with Crippen LogP contribution in [0.25, 0.3) is 71.3 Å². The van der Waals surface area contributed by atoms with Crippen molar-refractivity contribution in [1.82, 2.24) is 15.0 Å². The summed E-state index contributed by atoms with van der Waals surface area (Å²) < 4.78 is 0. The lowest BCUT2D eigenvalue weighted by Gasteiger charge is -2.16. The second kappa shape index (κ2) is 8.92. The molecule has 0 aliphatic heterocycles. The number of fused-ring (bicyclic) bond motifs is 5. The quantitative estimate of drug-likeness (QED) is 0.186. The van der Waals surface area contributed by atoms with E-state index < -0.39 is 0 Å². The fraction of sp³-hybridized carbons (Fsp3) is 0. The van der Waals surface area contributed by atoms with E-state index in [-0.39, 0.29) is 0 Å². The zero-order valence-corrected chi connectivity index (χ0v) is 20.3. The first-order valence-corrected chi connectivity index (χ1v) is 12.4. The Bertz CT molecular complexity index is 2010. The van der Waals surface area contributed by atoms with Crippen molar-refractivity contribution < 1.29 is 0 Å². The number of pyridine rings is 1. The predicted molar refractivity (Wildman–Crippen MR) is 155 cm³/mol. The van der Waals surface area contributed by atoms with Crippen LogP contribution < -0.4 is 0 Å². The van der Waals surface area contributed by atoms with Crippen molar-refractivity contribution in [3.63, 3.8) is 0 Å². The average molecular weight is 485 g/mol. The summed E-state index contributed by atoms with van der Waals surface area (Å²) in [5.41, 5.74) is 8.15. The minimum atomic E-state index is 0.519. The summed E-state index contributed by atoms with van der Waals surface area (Å²) in [7, 11) is 0. The van der Waals surface area contributed by atoms with Crippen molar-refractivity contribution >= 4 is 38.4 Å². The lowest BCUT2D eigenvalue weighted by atomic mass is 9.96. The maximum absolute atomic E-state index is 8.11. The minimum absolute atomic E-state index is 0.519. The van der Waals surface area contributed by atoms with Gasteiger partial charge >= 0.3 is 0 Å². The van der Waals surface area contributed by atoms with Crippen LogP contribution in [0.1, 0.15) is 0 Å². The second-order valence-electron chi connectivity index (χ2n) is 9.12. The number of aromatic nitrogens is 3. The highest BCUT2D eigenvalue weighted by Gasteiger charge is 2.21. The van der Waals surface area contributed by atoms with Crippen molar-refractivity contribution in [2.75, 3.05) is 0 Å². The van der Waals surface area contributed by atoms with Gasteiger partial charge in [0, 0.05) is 27.3 Å². The highest BCUT2D eigenvalue weighted by molar-refractivity contribution is 6.25. The fourth-order valence-electron chi connectivity index (χ4n) is 5.13. The molecule has 2 aromatic heterocycles. The molecule has 176 valence electrons. The molecule has 0 N–H and O–H groups in total. The van der Waals surface area contributed by atoms with Gasteiger partial charge in [0.1, 0.15) is 0 Å². The van der Waals surface area contributed by atoms with Crippen LogP contribution in [0.15, 0.2) is 121 Å². The van der Waals surface area contributed by atoms with Crippen LogP contribution in [0.5, 0.6) is 0 Å². The first-order chi connectivity index (χ1) is 18.8. The standard InChI is InChI=1S/C34H20N4/c1-35-27-21-28-34(38-33(24-17-9-4-10-18-24)32(37-28)23-15-7-3-8-16-23)29-25-19-11-12-20-26(25)36-31(30(27)29)22-13-5-2-6-14-22/h2-21H. The number of rotatable bonds is 3. The molecule has 0 unspecified atom stereocenters. The number of para-hydroxylation sites is 1. The summed E-state index contributed by atoms with van der Waals surface area (Å²) in [4.78, 5) is 19.5. The van der Waals surface area contributed by atoms with Crippen LogP contribution in [0, 0.1) is 6.57 Å². The smallest absolute Gasteiger partial charge is 0.199 e. The van der Waals surface area contributed by atoms with Gasteiger partial charge in [-0.05, 0) is 17.7 Å². The Labute approximate surface area is 219 Å². The lowest BCUT2D eigenvalue weighted by Crippen LogP contribution is -1.98. The molecule has 0 amide bonds. The molecule has 0 fully saturated rings. The van der Waals surface area contributed by atoms with Gasteiger partial charge < -0.3 is 0 Å². The van der Waals surface area contributed by atoms with Gasteiger partial charge in [-0.15, -0.1) is 0 Å². The highest BCUT2D eigenvalue weighted by Crippen LogP contribution is 2.43. The summed E-state index contributed by atoms with van der Waals surface area (Å²) in [5.74, 6) is 0. The monoisotopic (exact) mass is 484 g/mol. The molecule has 5 aromatic carbocycles. The Balaban J connectivity index is 1.70. The lowest BCUT2D eigenvalue weighted by molar-refractivity contribution is 1.30. The molecule has 7 rings (SSSR count). The van der Waals surface area contributed by atoms with Crippen molar-refractivity contribution in [3.8, 4) is 33.8 Å². The van der Waals surface area contributed by atoms with Gasteiger partial charge in [0.2, 0.25) is 0 Å². The Hall–Kier alpha value is -5.40. The Morgan fingerprint density at radius 3 is 1.58 bits per heavy atom. The Morgan fingerprint density at radius 1 is 0.474 bits per heavy atom. The van der Waals surface area contributed by atoms with Gasteiger partial charge in [-0.3, -0.25) is 0 Å². The molecule has 0 spiro atoms. The van der Waals surface area contributed by atoms with E-state index in [1.165, 1.54) is 0 Å². The van der Waals surface area contributed by atoms with Gasteiger partial charge in [-0.2, -0.15) is 0 Å². The van der Waals surface area contributed by atoms with Crippen molar-refractivity contribution in [2.24, 2.45) is 0 Å². The summed E-state index contributed by atoms with van der Waals surface area (Å²) in [6.07, 6.45) is 0. The van der Waals surface area contributed by atoms with E-state index in [2.05, 4.69) is 23.0 Å². The third-order valence-corrected chi connectivity index (χ3v) is 6.84.